The van der Waals surface area contributed by atoms with E-state index in [9.17, 15) is 0 Å². The van der Waals surface area contributed by atoms with Gasteiger partial charge in [-0.1, -0.05) is 6.08 Å². The number of piperazine rings is 1. The Morgan fingerprint density at radius 1 is 1.10 bits per heavy atom. The van der Waals surface area contributed by atoms with Crippen LogP contribution in [0.15, 0.2) is 12.3 Å². The molecule has 2 N–H and O–H groups in total. The molecule has 0 aromatic carbocycles. The molecule has 4 nitrogen and oxygen atoms in total. The maximum atomic E-state index is 3.79. The van der Waals surface area contributed by atoms with E-state index in [1.54, 1.807) is 0 Å². The number of hydrogen-bond donors (Lipinski definition) is 2. The quantitative estimate of drug-likeness (QED) is 0.774. The lowest BCUT2D eigenvalue weighted by Crippen LogP contribution is -2.50. The topological polar surface area (TPSA) is 30.5 Å². The Kier molecular flexibility index (Phi) is 3.49. The Morgan fingerprint density at radius 3 is 2.95 bits per heavy atom. The monoisotopic (exact) mass is 276 g/mol. The molecule has 4 rings (SSSR count). The third-order valence-electron chi connectivity index (χ3n) is 5.78. The molecule has 4 aliphatic heterocycles. The molecule has 4 heteroatoms. The molecular formula is C16H28N4. The van der Waals surface area contributed by atoms with Crippen molar-refractivity contribution < 1.29 is 0 Å². The minimum Gasteiger partial charge on any atom is -0.370 e. The highest BCUT2D eigenvalue weighted by Gasteiger charge is 2.38. The van der Waals surface area contributed by atoms with E-state index >= 15 is 0 Å². The standard InChI is InChI=1S/C16H28N4/c1-19-10-13-8-12(16(11-19)18-13)5-7-20-14-2-3-15(20)9-17-6-4-14/h5,7,12-18H,2-4,6,8-11H2,1H3/b7-5+. The van der Waals surface area contributed by atoms with E-state index < -0.39 is 0 Å². The van der Waals surface area contributed by atoms with Crippen molar-refractivity contribution in [1.29, 1.82) is 0 Å². The van der Waals surface area contributed by atoms with E-state index in [0.717, 1.165) is 24.0 Å². The van der Waals surface area contributed by atoms with Crippen LogP contribution in [0, 0.1) is 5.92 Å². The number of hydrogen-bond acceptors (Lipinski definition) is 4. The first-order chi connectivity index (χ1) is 9.79. The molecule has 4 bridgehead atoms. The minimum absolute atomic E-state index is 0.678. The molecule has 4 heterocycles. The molecule has 0 aromatic rings. The van der Waals surface area contributed by atoms with Gasteiger partial charge in [-0.2, -0.15) is 0 Å². The van der Waals surface area contributed by atoms with Crippen molar-refractivity contribution in [2.75, 3.05) is 33.2 Å². The molecule has 112 valence electrons. The molecule has 0 aliphatic carbocycles. The van der Waals surface area contributed by atoms with Gasteiger partial charge in [0.2, 0.25) is 0 Å². The predicted molar refractivity (Wildman–Crippen MR) is 81.6 cm³/mol. The summed E-state index contributed by atoms with van der Waals surface area (Å²) >= 11 is 0. The Labute approximate surface area is 122 Å². The van der Waals surface area contributed by atoms with E-state index in [2.05, 4.69) is 39.8 Å². The van der Waals surface area contributed by atoms with Crippen molar-refractivity contribution in [1.82, 2.24) is 20.4 Å². The average molecular weight is 276 g/mol. The normalized spacial score (nSPS) is 45.2. The van der Waals surface area contributed by atoms with E-state index in [1.807, 2.05) is 0 Å². The average Bonchev–Trinajstić information content (AvgIpc) is 2.82. The summed E-state index contributed by atoms with van der Waals surface area (Å²) < 4.78 is 0. The van der Waals surface area contributed by atoms with Gasteiger partial charge in [0.1, 0.15) is 0 Å². The van der Waals surface area contributed by atoms with Crippen LogP contribution in [0.4, 0.5) is 0 Å². The third kappa shape index (κ3) is 2.38. The first kappa shape index (κ1) is 13.1. The molecule has 0 aromatic heterocycles. The van der Waals surface area contributed by atoms with Gasteiger partial charge in [-0.25, -0.2) is 0 Å². The van der Waals surface area contributed by atoms with Crippen LogP contribution in [0.3, 0.4) is 0 Å². The highest BCUT2D eigenvalue weighted by atomic mass is 15.2. The molecule has 0 amide bonds. The van der Waals surface area contributed by atoms with Gasteiger partial charge in [0, 0.05) is 43.8 Å². The lowest BCUT2D eigenvalue weighted by Gasteiger charge is -2.30. The van der Waals surface area contributed by atoms with Gasteiger partial charge in [0.25, 0.3) is 0 Å². The summed E-state index contributed by atoms with van der Waals surface area (Å²) in [5.41, 5.74) is 0. The lowest BCUT2D eigenvalue weighted by molar-refractivity contribution is 0.230. The first-order valence-electron chi connectivity index (χ1n) is 8.40. The molecule has 5 unspecified atom stereocenters. The molecule has 0 spiro atoms. The van der Waals surface area contributed by atoms with Crippen molar-refractivity contribution in [2.45, 2.75) is 49.9 Å². The van der Waals surface area contributed by atoms with Crippen LogP contribution >= 0.6 is 0 Å². The lowest BCUT2D eigenvalue weighted by atomic mass is 10.00. The second-order valence-corrected chi connectivity index (χ2v) is 7.26. The van der Waals surface area contributed by atoms with Crippen molar-refractivity contribution in [2.24, 2.45) is 5.92 Å². The van der Waals surface area contributed by atoms with Crippen LogP contribution < -0.4 is 10.6 Å². The number of rotatable bonds is 2. The highest BCUT2D eigenvalue weighted by molar-refractivity contribution is 5.08. The Morgan fingerprint density at radius 2 is 2.00 bits per heavy atom. The highest BCUT2D eigenvalue weighted by Crippen LogP contribution is 2.31. The Hall–Kier alpha value is -0.580. The van der Waals surface area contributed by atoms with Gasteiger partial charge < -0.3 is 20.4 Å². The summed E-state index contributed by atoms with van der Waals surface area (Å²) in [5, 5.41) is 7.37. The second-order valence-electron chi connectivity index (χ2n) is 7.26. The minimum atomic E-state index is 0.678. The first-order valence-corrected chi connectivity index (χ1v) is 8.40. The summed E-state index contributed by atoms with van der Waals surface area (Å²) in [4.78, 5) is 5.16. The number of nitrogens with one attached hydrogen (secondary N) is 2. The summed E-state index contributed by atoms with van der Waals surface area (Å²) in [5.74, 6) is 0.737. The summed E-state index contributed by atoms with van der Waals surface area (Å²) in [6.45, 7) is 4.81. The predicted octanol–water partition coefficient (Wildman–Crippen LogP) is 0.619. The molecule has 5 atom stereocenters. The van der Waals surface area contributed by atoms with Crippen molar-refractivity contribution in [3.05, 3.63) is 12.3 Å². The summed E-state index contributed by atoms with van der Waals surface area (Å²) in [6.07, 6.45) is 10.4. The van der Waals surface area contributed by atoms with Crippen molar-refractivity contribution in [3.63, 3.8) is 0 Å². The van der Waals surface area contributed by atoms with Gasteiger partial charge in [-0.05, 0) is 51.4 Å². The zero-order chi connectivity index (χ0) is 13.5. The van der Waals surface area contributed by atoms with Crippen molar-refractivity contribution >= 4 is 0 Å². The molecule has 4 saturated heterocycles. The fourth-order valence-electron chi connectivity index (χ4n) is 4.77. The molecular weight excluding hydrogens is 248 g/mol. The summed E-state index contributed by atoms with van der Waals surface area (Å²) in [6, 6.07) is 2.94. The van der Waals surface area contributed by atoms with Crippen LogP contribution in [0.2, 0.25) is 0 Å². The van der Waals surface area contributed by atoms with Crippen LogP contribution in [0.1, 0.15) is 25.7 Å². The Balaban J connectivity index is 1.43. The van der Waals surface area contributed by atoms with E-state index in [1.165, 1.54) is 51.9 Å². The van der Waals surface area contributed by atoms with Crippen LogP contribution in [0.5, 0.6) is 0 Å². The fraction of sp³-hybridized carbons (Fsp3) is 0.875. The van der Waals surface area contributed by atoms with Gasteiger partial charge >= 0.3 is 0 Å². The second kappa shape index (κ2) is 5.32. The van der Waals surface area contributed by atoms with Gasteiger partial charge in [-0.15, -0.1) is 0 Å². The Bertz CT molecular complexity index is 369. The molecule has 20 heavy (non-hydrogen) atoms. The molecule has 0 saturated carbocycles. The fourth-order valence-corrected chi connectivity index (χ4v) is 4.77. The third-order valence-corrected chi connectivity index (χ3v) is 5.78. The molecule has 0 radical (unpaired) electrons. The van der Waals surface area contributed by atoms with E-state index in [4.69, 9.17) is 0 Å². The largest absolute Gasteiger partial charge is 0.370 e. The van der Waals surface area contributed by atoms with Gasteiger partial charge in [-0.3, -0.25) is 0 Å². The van der Waals surface area contributed by atoms with Crippen LogP contribution in [0.25, 0.3) is 0 Å². The smallest absolute Gasteiger partial charge is 0.0412 e. The number of likely N-dealkylation sites (tertiary alicyclic amines) is 1. The number of fused-ring (bicyclic) bond motifs is 4. The van der Waals surface area contributed by atoms with Gasteiger partial charge in [0.15, 0.2) is 0 Å². The maximum Gasteiger partial charge on any atom is 0.0412 e. The maximum absolute atomic E-state index is 3.79. The van der Waals surface area contributed by atoms with E-state index in [0.29, 0.717) is 6.04 Å². The zero-order valence-electron chi connectivity index (χ0n) is 12.6. The van der Waals surface area contributed by atoms with E-state index in [-0.39, 0.29) is 0 Å². The molecule has 4 fully saturated rings. The SMILES string of the molecule is CN1CC2CC(/C=C/N3C4CCNCC3CC4)C(C1)N2. The molecule has 4 aliphatic rings. The summed E-state index contributed by atoms with van der Waals surface area (Å²) in [7, 11) is 2.26. The van der Waals surface area contributed by atoms with Crippen molar-refractivity contribution in [3.8, 4) is 0 Å². The zero-order valence-corrected chi connectivity index (χ0v) is 12.6. The number of likely N-dealkylation sites (N-methyl/N-ethyl adjacent to an activating group) is 1. The van der Waals surface area contributed by atoms with Gasteiger partial charge in [0.05, 0.1) is 0 Å². The number of nitrogens with zero attached hydrogens (tertiary/aromatic N) is 2. The van der Waals surface area contributed by atoms with Crippen LogP contribution in [-0.2, 0) is 0 Å². The van der Waals surface area contributed by atoms with Crippen LogP contribution in [-0.4, -0.2) is 67.2 Å².